The number of carbonyl (C=O) groups is 1. The third-order valence-electron chi connectivity index (χ3n) is 4.89. The van der Waals surface area contributed by atoms with E-state index in [1.165, 1.54) is 5.56 Å². The van der Waals surface area contributed by atoms with Gasteiger partial charge < -0.3 is 10.1 Å². The lowest BCUT2D eigenvalue weighted by Crippen LogP contribution is -2.23. The Hall–Kier alpha value is -3.86. The minimum atomic E-state index is -0.171. The van der Waals surface area contributed by atoms with Crippen molar-refractivity contribution in [3.63, 3.8) is 0 Å². The fraction of sp³-hybridized carbons (Fsp3) is 0.120. The molecule has 0 fully saturated rings. The van der Waals surface area contributed by atoms with Crippen LogP contribution in [0.3, 0.4) is 0 Å². The molecular formula is C25H23N3O2. The molecule has 1 amide bonds. The molecule has 0 atom stereocenters. The van der Waals surface area contributed by atoms with Crippen LogP contribution < -0.4 is 10.1 Å². The summed E-state index contributed by atoms with van der Waals surface area (Å²) in [5, 5.41) is 7.72. The lowest BCUT2D eigenvalue weighted by atomic mass is 10.1. The first kappa shape index (κ1) is 19.5. The van der Waals surface area contributed by atoms with E-state index in [0.29, 0.717) is 17.8 Å². The first-order chi connectivity index (χ1) is 14.6. The number of benzene rings is 3. The number of nitrogens with zero attached hydrogens (tertiary/aromatic N) is 2. The Bertz CT molecular complexity index is 1150. The van der Waals surface area contributed by atoms with E-state index in [-0.39, 0.29) is 5.91 Å². The second-order valence-corrected chi connectivity index (χ2v) is 7.07. The molecule has 1 aromatic heterocycles. The zero-order chi connectivity index (χ0) is 20.9. The molecule has 4 aromatic rings. The highest BCUT2D eigenvalue weighted by molar-refractivity contribution is 5.99. The molecule has 1 heterocycles. The molecule has 150 valence electrons. The van der Waals surface area contributed by atoms with Crippen LogP contribution in [-0.4, -0.2) is 22.8 Å². The van der Waals surface area contributed by atoms with Gasteiger partial charge in [-0.3, -0.25) is 4.79 Å². The van der Waals surface area contributed by atoms with Crippen molar-refractivity contribution in [3.05, 3.63) is 102 Å². The summed E-state index contributed by atoms with van der Waals surface area (Å²) in [5.74, 6) is 0.592. The predicted octanol–water partition coefficient (Wildman–Crippen LogP) is 4.79. The third kappa shape index (κ3) is 4.25. The average molecular weight is 397 g/mol. The summed E-state index contributed by atoms with van der Waals surface area (Å²) in [7, 11) is 1.63. The van der Waals surface area contributed by atoms with E-state index >= 15 is 0 Å². The second-order valence-electron chi connectivity index (χ2n) is 7.07. The van der Waals surface area contributed by atoms with Crippen molar-refractivity contribution in [1.82, 2.24) is 15.1 Å². The van der Waals surface area contributed by atoms with Crippen LogP contribution in [0.1, 0.15) is 21.5 Å². The number of nitrogens with one attached hydrogen (secondary N) is 1. The summed E-state index contributed by atoms with van der Waals surface area (Å²) in [6, 6.07) is 25.5. The summed E-state index contributed by atoms with van der Waals surface area (Å²) in [6.07, 6.45) is 1.79. The van der Waals surface area contributed by atoms with Gasteiger partial charge in [-0.1, -0.05) is 60.2 Å². The molecule has 0 spiro atoms. The molecule has 0 saturated heterocycles. The number of hydrogen-bond acceptors (Lipinski definition) is 3. The maximum Gasteiger partial charge on any atom is 0.255 e. The number of carbonyl (C=O) groups excluding carboxylic acids is 1. The molecule has 0 aliphatic rings. The zero-order valence-corrected chi connectivity index (χ0v) is 17.0. The van der Waals surface area contributed by atoms with Gasteiger partial charge in [0.1, 0.15) is 11.4 Å². The Labute approximate surface area is 175 Å². The van der Waals surface area contributed by atoms with Crippen molar-refractivity contribution in [2.45, 2.75) is 13.5 Å². The highest BCUT2D eigenvalue weighted by Crippen LogP contribution is 2.24. The second kappa shape index (κ2) is 8.66. The predicted molar refractivity (Wildman–Crippen MR) is 118 cm³/mol. The molecule has 0 unspecified atom stereocenters. The van der Waals surface area contributed by atoms with Crippen molar-refractivity contribution in [3.8, 4) is 22.7 Å². The summed E-state index contributed by atoms with van der Waals surface area (Å²) in [5.41, 5.74) is 5.13. The van der Waals surface area contributed by atoms with Crippen molar-refractivity contribution in [2.24, 2.45) is 0 Å². The molecule has 3 aromatic carbocycles. The number of amides is 1. The molecule has 5 heteroatoms. The van der Waals surface area contributed by atoms with Gasteiger partial charge in [-0.2, -0.15) is 5.10 Å². The van der Waals surface area contributed by atoms with Gasteiger partial charge in [-0.25, -0.2) is 4.68 Å². The molecule has 0 bridgehead atoms. The molecule has 5 nitrogen and oxygen atoms in total. The van der Waals surface area contributed by atoms with Crippen molar-refractivity contribution < 1.29 is 9.53 Å². The maximum absolute atomic E-state index is 13.1. The van der Waals surface area contributed by atoms with Crippen LogP contribution in [0.5, 0.6) is 5.75 Å². The molecule has 0 aliphatic heterocycles. The molecule has 0 radical (unpaired) electrons. The van der Waals surface area contributed by atoms with Gasteiger partial charge in [0.2, 0.25) is 0 Å². The highest BCUT2D eigenvalue weighted by atomic mass is 16.5. The van der Waals surface area contributed by atoms with Gasteiger partial charge in [0.15, 0.2) is 0 Å². The molecular weight excluding hydrogens is 374 g/mol. The van der Waals surface area contributed by atoms with E-state index in [2.05, 4.69) is 5.32 Å². The summed E-state index contributed by atoms with van der Waals surface area (Å²) < 4.78 is 7.01. The molecule has 4 rings (SSSR count). The molecule has 30 heavy (non-hydrogen) atoms. The molecule has 0 aliphatic carbocycles. The van der Waals surface area contributed by atoms with Gasteiger partial charge in [0.05, 0.1) is 18.4 Å². The molecule has 0 saturated carbocycles. The zero-order valence-electron chi connectivity index (χ0n) is 17.0. The van der Waals surface area contributed by atoms with Gasteiger partial charge in [-0.05, 0) is 36.8 Å². The third-order valence-corrected chi connectivity index (χ3v) is 4.89. The molecule has 1 N–H and O–H groups in total. The number of methoxy groups -OCH3 is 1. The highest BCUT2D eigenvalue weighted by Gasteiger charge is 2.18. The van der Waals surface area contributed by atoms with Crippen LogP contribution in [0, 0.1) is 6.92 Å². The van der Waals surface area contributed by atoms with Crippen molar-refractivity contribution >= 4 is 5.91 Å². The standard InChI is InChI=1S/C25H23N3O2/c1-18-11-13-21(14-12-18)28-17-23(24(27-28)20-8-4-3-5-9-20)25(29)26-16-19-7-6-10-22(15-19)30-2/h3-15,17H,16H2,1-2H3,(H,26,29). The SMILES string of the molecule is COc1cccc(CNC(=O)c2cn(-c3ccc(C)cc3)nc2-c2ccccc2)c1. The number of aromatic nitrogens is 2. The van der Waals surface area contributed by atoms with Gasteiger partial charge >= 0.3 is 0 Å². The summed E-state index contributed by atoms with van der Waals surface area (Å²) in [6.45, 7) is 2.44. The van der Waals surface area contributed by atoms with Gasteiger partial charge in [-0.15, -0.1) is 0 Å². The van der Waals surface area contributed by atoms with Crippen LogP contribution >= 0.6 is 0 Å². The lowest BCUT2D eigenvalue weighted by Gasteiger charge is -2.07. The Morgan fingerprint density at radius 2 is 1.77 bits per heavy atom. The largest absolute Gasteiger partial charge is 0.497 e. The van der Waals surface area contributed by atoms with Gasteiger partial charge in [0.25, 0.3) is 5.91 Å². The van der Waals surface area contributed by atoms with Crippen LogP contribution in [0.15, 0.2) is 85.1 Å². The van der Waals surface area contributed by atoms with Crippen LogP contribution in [-0.2, 0) is 6.54 Å². The lowest BCUT2D eigenvalue weighted by molar-refractivity contribution is 0.0951. The first-order valence-electron chi connectivity index (χ1n) is 9.77. The van der Waals surface area contributed by atoms with E-state index < -0.39 is 0 Å². The van der Waals surface area contributed by atoms with Crippen LogP contribution in [0.2, 0.25) is 0 Å². The van der Waals surface area contributed by atoms with E-state index in [1.807, 2.05) is 85.8 Å². The minimum absolute atomic E-state index is 0.171. The van der Waals surface area contributed by atoms with Gasteiger partial charge in [0, 0.05) is 18.3 Å². The number of ether oxygens (including phenoxy) is 1. The monoisotopic (exact) mass is 397 g/mol. The fourth-order valence-corrected chi connectivity index (χ4v) is 3.24. The van der Waals surface area contributed by atoms with E-state index in [1.54, 1.807) is 18.0 Å². The quantitative estimate of drug-likeness (QED) is 0.509. The average Bonchev–Trinajstić information content (AvgIpc) is 3.24. The van der Waals surface area contributed by atoms with Crippen molar-refractivity contribution in [1.29, 1.82) is 0 Å². The van der Waals surface area contributed by atoms with E-state index in [4.69, 9.17) is 9.84 Å². The van der Waals surface area contributed by atoms with Crippen molar-refractivity contribution in [2.75, 3.05) is 7.11 Å². The van der Waals surface area contributed by atoms with Crippen LogP contribution in [0.25, 0.3) is 16.9 Å². The summed E-state index contributed by atoms with van der Waals surface area (Å²) in [4.78, 5) is 13.1. The Balaban J connectivity index is 1.64. The Kier molecular flexibility index (Phi) is 5.61. The first-order valence-corrected chi connectivity index (χ1v) is 9.77. The summed E-state index contributed by atoms with van der Waals surface area (Å²) >= 11 is 0. The number of aryl methyl sites for hydroxylation is 1. The Morgan fingerprint density at radius 1 is 1.00 bits per heavy atom. The van der Waals surface area contributed by atoms with E-state index in [0.717, 1.165) is 22.6 Å². The topological polar surface area (TPSA) is 56.1 Å². The van der Waals surface area contributed by atoms with E-state index in [9.17, 15) is 4.79 Å². The minimum Gasteiger partial charge on any atom is -0.497 e. The smallest absolute Gasteiger partial charge is 0.255 e. The Morgan fingerprint density at radius 3 is 2.50 bits per heavy atom. The maximum atomic E-state index is 13.1. The number of hydrogen-bond donors (Lipinski definition) is 1. The normalized spacial score (nSPS) is 10.6. The number of rotatable bonds is 6. The van der Waals surface area contributed by atoms with Crippen LogP contribution in [0.4, 0.5) is 0 Å². The fourth-order valence-electron chi connectivity index (χ4n) is 3.24.